The smallest absolute Gasteiger partial charge is 0.294 e. The number of carbonyl (C=O) groups excluding carboxylic acids is 1. The molecule has 0 fully saturated rings. The zero-order valence-corrected chi connectivity index (χ0v) is 19.6. The van der Waals surface area contributed by atoms with Crippen LogP contribution >= 0.6 is 0 Å². The molecule has 9 heteroatoms. The van der Waals surface area contributed by atoms with E-state index in [0.717, 1.165) is 18.0 Å². The van der Waals surface area contributed by atoms with E-state index in [1.807, 2.05) is 0 Å². The number of benzene rings is 2. The molecule has 0 bridgehead atoms. The number of amidine groups is 1. The molecule has 34 heavy (non-hydrogen) atoms. The summed E-state index contributed by atoms with van der Waals surface area (Å²) in [5.41, 5.74) is 14.1. The molecule has 2 aromatic carbocycles. The summed E-state index contributed by atoms with van der Waals surface area (Å²) in [5.74, 6) is -0.674. The third-order valence-electron chi connectivity index (χ3n) is 4.09. The van der Waals surface area contributed by atoms with Crippen molar-refractivity contribution in [3.8, 4) is 0 Å². The average Bonchev–Trinajstić information content (AvgIpc) is 2.82. The molecule has 0 aliphatic rings. The van der Waals surface area contributed by atoms with Crippen molar-refractivity contribution >= 4 is 47.2 Å². The lowest BCUT2D eigenvalue weighted by molar-refractivity contribution is -0.112. The molecule has 2 aromatic rings. The molecule has 9 nitrogen and oxygen atoms in total. The molecule has 0 aromatic heterocycles. The molecule has 0 aliphatic heterocycles. The lowest BCUT2D eigenvalue weighted by Gasteiger charge is -2.09. The van der Waals surface area contributed by atoms with Crippen molar-refractivity contribution in [1.29, 1.82) is 16.2 Å². The van der Waals surface area contributed by atoms with Gasteiger partial charge in [0.1, 0.15) is 0 Å². The number of allylic oxidation sites excluding steroid dienone is 2. The number of nitrogens with zero attached hydrogens (tertiary/aromatic N) is 1. The molecule has 0 spiro atoms. The summed E-state index contributed by atoms with van der Waals surface area (Å²) in [6, 6.07) is 13.1. The van der Waals surface area contributed by atoms with Gasteiger partial charge in [-0.1, -0.05) is 44.5 Å². The van der Waals surface area contributed by atoms with Crippen LogP contribution in [0.3, 0.4) is 0 Å². The number of nitrogens with one attached hydrogen (secondary N) is 4. The van der Waals surface area contributed by atoms with Crippen molar-refractivity contribution < 1.29 is 9.53 Å². The minimum absolute atomic E-state index is 0.216. The maximum atomic E-state index is 12.1. The maximum absolute atomic E-state index is 12.1. The molecule has 178 valence electrons. The highest BCUT2D eigenvalue weighted by molar-refractivity contribution is 6.17. The number of rotatable bonds is 7. The van der Waals surface area contributed by atoms with Crippen LogP contribution in [0.15, 0.2) is 71.4 Å². The Balaban J connectivity index is 0.00000182. The van der Waals surface area contributed by atoms with Gasteiger partial charge in [0.2, 0.25) is 5.90 Å². The Morgan fingerprint density at radius 2 is 1.74 bits per heavy atom. The third-order valence-corrected chi connectivity index (χ3v) is 4.09. The molecule has 2 rings (SSSR count). The van der Waals surface area contributed by atoms with Crippen molar-refractivity contribution in [2.45, 2.75) is 27.2 Å². The first-order chi connectivity index (χ1) is 16.3. The van der Waals surface area contributed by atoms with Crippen LogP contribution in [0.5, 0.6) is 0 Å². The molecular formula is C25H31N7O2. The Bertz CT molecular complexity index is 1100. The summed E-state index contributed by atoms with van der Waals surface area (Å²) in [6.45, 7) is 5.91. The molecule has 0 heterocycles. The quantitative estimate of drug-likeness (QED) is 0.201. The highest BCUT2D eigenvalue weighted by Gasteiger charge is 2.10. The van der Waals surface area contributed by atoms with Gasteiger partial charge < -0.3 is 32.3 Å². The largest absolute Gasteiger partial charge is 0.407 e. The Hall–Kier alpha value is -4.53. The van der Waals surface area contributed by atoms with Gasteiger partial charge >= 0.3 is 0 Å². The van der Waals surface area contributed by atoms with Gasteiger partial charge in [0.05, 0.1) is 11.3 Å². The van der Waals surface area contributed by atoms with Gasteiger partial charge in [-0.05, 0) is 42.8 Å². The van der Waals surface area contributed by atoms with Gasteiger partial charge in [-0.2, -0.15) is 4.99 Å². The predicted molar refractivity (Wildman–Crippen MR) is 140 cm³/mol. The summed E-state index contributed by atoms with van der Waals surface area (Å²) >= 11 is 0. The highest BCUT2D eigenvalue weighted by atomic mass is 16.5. The average molecular weight is 462 g/mol. The van der Waals surface area contributed by atoms with E-state index in [4.69, 9.17) is 32.4 Å². The maximum Gasteiger partial charge on any atom is 0.294 e. The van der Waals surface area contributed by atoms with Gasteiger partial charge in [0, 0.05) is 35.5 Å². The van der Waals surface area contributed by atoms with Crippen LogP contribution in [0.1, 0.15) is 38.3 Å². The van der Waals surface area contributed by atoms with Gasteiger partial charge in [0.25, 0.3) is 11.9 Å². The van der Waals surface area contributed by atoms with E-state index in [9.17, 15) is 4.79 Å². The lowest BCUT2D eigenvalue weighted by Crippen LogP contribution is -2.21. The minimum Gasteiger partial charge on any atom is -0.407 e. The second kappa shape index (κ2) is 14.5. The highest BCUT2D eigenvalue weighted by Crippen LogP contribution is 2.18. The van der Waals surface area contributed by atoms with Crippen molar-refractivity contribution in [3.05, 3.63) is 77.5 Å². The SMILES string of the molecule is C/C=C(\C=N)C(=O)Nc1cccc(C(=N)OC(N)=Nc2ccc(/C(C=N)=C/N)cc2)c1.CCC. The molecule has 0 aliphatic carbocycles. The second-order valence-corrected chi connectivity index (χ2v) is 6.82. The fourth-order valence-electron chi connectivity index (χ4n) is 2.49. The number of anilines is 1. The Morgan fingerprint density at radius 3 is 2.26 bits per heavy atom. The molecule has 0 unspecified atom stereocenters. The van der Waals surface area contributed by atoms with Crippen molar-refractivity contribution in [3.63, 3.8) is 0 Å². The normalized spacial score (nSPS) is 11.6. The van der Waals surface area contributed by atoms with Gasteiger partial charge in [0.15, 0.2) is 0 Å². The van der Waals surface area contributed by atoms with E-state index < -0.39 is 5.91 Å². The number of nitrogens with two attached hydrogens (primary N) is 2. The van der Waals surface area contributed by atoms with Crippen LogP contribution in [-0.2, 0) is 9.53 Å². The second-order valence-electron chi connectivity index (χ2n) is 6.82. The van der Waals surface area contributed by atoms with Crippen molar-refractivity contribution in [2.24, 2.45) is 16.5 Å². The van der Waals surface area contributed by atoms with Gasteiger partial charge in [-0.25, -0.2) is 0 Å². The van der Waals surface area contributed by atoms with E-state index in [-0.39, 0.29) is 17.5 Å². The summed E-state index contributed by atoms with van der Waals surface area (Å²) in [6.07, 6.45) is 6.23. The zero-order chi connectivity index (χ0) is 25.5. The van der Waals surface area contributed by atoms with E-state index in [2.05, 4.69) is 24.2 Å². The Kier molecular flexibility index (Phi) is 11.7. The first kappa shape index (κ1) is 27.5. The van der Waals surface area contributed by atoms with Crippen molar-refractivity contribution in [2.75, 3.05) is 5.32 Å². The molecular weight excluding hydrogens is 430 g/mol. The first-order valence-corrected chi connectivity index (χ1v) is 10.5. The zero-order valence-electron chi connectivity index (χ0n) is 19.6. The van der Waals surface area contributed by atoms with Crippen LogP contribution in [0, 0.1) is 16.2 Å². The summed E-state index contributed by atoms with van der Waals surface area (Å²) < 4.78 is 5.29. The van der Waals surface area contributed by atoms with Crippen LogP contribution in [-0.4, -0.2) is 30.3 Å². The first-order valence-electron chi connectivity index (χ1n) is 10.5. The summed E-state index contributed by atoms with van der Waals surface area (Å²) in [5, 5.41) is 25.3. The van der Waals surface area contributed by atoms with E-state index in [1.165, 1.54) is 18.7 Å². The van der Waals surface area contributed by atoms with E-state index >= 15 is 0 Å². The molecule has 0 saturated carbocycles. The number of aliphatic imine (C=N–C) groups is 1. The predicted octanol–water partition coefficient (Wildman–Crippen LogP) is 4.57. The number of carbonyl (C=O) groups is 1. The van der Waals surface area contributed by atoms with Crippen LogP contribution in [0.4, 0.5) is 11.4 Å². The molecule has 0 saturated heterocycles. The van der Waals surface area contributed by atoms with Gasteiger partial charge in [-0.15, -0.1) is 0 Å². The fraction of sp³-hybridized carbons (Fsp3) is 0.160. The minimum atomic E-state index is -0.428. The standard InChI is InChI=1S/C22H23N7O2.C3H8/c1-2-14(11-23)21(30)28-19-5-3-4-16(10-19)20(26)31-22(27)29-18-8-6-15(7-9-18)17(12-24)13-25;1-3-2/h2-13,23-24,26H,25H2,1H3,(H2,27,29)(H,28,30);3H2,1-2H3/b14-2+,17-13+,23-11?,24-12?,26-20?;. The molecule has 1 amide bonds. The number of hydrogen-bond donors (Lipinski definition) is 6. The molecule has 8 N–H and O–H groups in total. The monoisotopic (exact) mass is 461 g/mol. The van der Waals surface area contributed by atoms with Crippen LogP contribution in [0.25, 0.3) is 5.57 Å². The number of hydrogen-bond acceptors (Lipinski definition) is 7. The van der Waals surface area contributed by atoms with Crippen LogP contribution < -0.4 is 16.8 Å². The van der Waals surface area contributed by atoms with Gasteiger partial charge in [-0.3, -0.25) is 10.2 Å². The number of ether oxygens (including phenoxy) is 1. The number of amides is 1. The third kappa shape index (κ3) is 8.54. The fourth-order valence-corrected chi connectivity index (χ4v) is 2.49. The molecule has 0 atom stereocenters. The molecule has 0 radical (unpaired) electrons. The van der Waals surface area contributed by atoms with Crippen molar-refractivity contribution in [1.82, 2.24) is 0 Å². The van der Waals surface area contributed by atoms with E-state index in [0.29, 0.717) is 22.5 Å². The summed E-state index contributed by atoms with van der Waals surface area (Å²) in [7, 11) is 0. The Morgan fingerprint density at radius 1 is 1.09 bits per heavy atom. The van der Waals surface area contributed by atoms with Crippen LogP contribution in [0.2, 0.25) is 0 Å². The topological polar surface area (TPSA) is 174 Å². The Labute approximate surface area is 199 Å². The van der Waals surface area contributed by atoms with E-state index in [1.54, 1.807) is 55.5 Å². The lowest BCUT2D eigenvalue weighted by atomic mass is 10.1. The summed E-state index contributed by atoms with van der Waals surface area (Å²) in [4.78, 5) is 16.2.